The molecule has 1 fully saturated rings. The van der Waals surface area contributed by atoms with Crippen LogP contribution < -0.4 is 10.2 Å². The molecule has 0 saturated heterocycles. The minimum absolute atomic E-state index is 0.0164. The molecule has 1 aliphatic rings. The first-order valence-corrected chi connectivity index (χ1v) is 7.21. The van der Waals surface area contributed by atoms with Crippen LogP contribution in [0.2, 0.25) is 0 Å². The first-order chi connectivity index (χ1) is 9.56. The predicted octanol–water partition coefficient (Wildman–Crippen LogP) is 2.98. The van der Waals surface area contributed by atoms with Crippen LogP contribution in [0, 0.1) is 20.8 Å². The number of benzene rings is 1. The van der Waals surface area contributed by atoms with Crippen molar-refractivity contribution in [3.8, 4) is 5.75 Å². The SMILES string of the molecule is Cc1cc(C)c(OCC(=O)NOC2CCCC2)c(C)c1. The smallest absolute Gasteiger partial charge is 0.281 e. The quantitative estimate of drug-likeness (QED) is 0.842. The molecule has 2 rings (SSSR count). The highest BCUT2D eigenvalue weighted by atomic mass is 16.7. The maximum absolute atomic E-state index is 11.7. The van der Waals surface area contributed by atoms with E-state index in [0.29, 0.717) is 0 Å². The largest absolute Gasteiger partial charge is 0.483 e. The third-order valence-corrected chi connectivity index (χ3v) is 3.59. The summed E-state index contributed by atoms with van der Waals surface area (Å²) in [6.07, 6.45) is 4.58. The molecule has 1 aromatic rings. The molecule has 1 saturated carbocycles. The summed E-state index contributed by atoms with van der Waals surface area (Å²) in [4.78, 5) is 17.1. The summed E-state index contributed by atoms with van der Waals surface area (Å²) in [6, 6.07) is 4.10. The Labute approximate surface area is 120 Å². The molecular weight excluding hydrogens is 254 g/mol. The lowest BCUT2D eigenvalue weighted by atomic mass is 10.1. The minimum atomic E-state index is -0.240. The number of ether oxygens (including phenoxy) is 1. The van der Waals surface area contributed by atoms with Gasteiger partial charge < -0.3 is 4.74 Å². The second-order valence-electron chi connectivity index (χ2n) is 5.57. The van der Waals surface area contributed by atoms with Crippen LogP contribution in [-0.2, 0) is 9.63 Å². The molecule has 0 spiro atoms. The van der Waals surface area contributed by atoms with Gasteiger partial charge in [0.25, 0.3) is 5.91 Å². The Morgan fingerprint density at radius 1 is 1.20 bits per heavy atom. The standard InChI is InChI=1S/C16H23NO3/c1-11-8-12(2)16(13(3)9-11)19-10-15(18)17-20-14-6-4-5-7-14/h8-9,14H,4-7,10H2,1-3H3,(H,17,18). The van der Waals surface area contributed by atoms with Crippen LogP contribution in [0.15, 0.2) is 12.1 Å². The molecule has 0 aliphatic heterocycles. The summed E-state index contributed by atoms with van der Waals surface area (Å²) in [5, 5.41) is 0. The van der Waals surface area contributed by atoms with Crippen molar-refractivity contribution in [2.75, 3.05) is 6.61 Å². The zero-order valence-corrected chi connectivity index (χ0v) is 12.5. The van der Waals surface area contributed by atoms with Crippen molar-refractivity contribution in [3.63, 3.8) is 0 Å². The maximum Gasteiger partial charge on any atom is 0.281 e. The normalized spacial score (nSPS) is 15.3. The van der Waals surface area contributed by atoms with E-state index in [9.17, 15) is 4.79 Å². The number of nitrogens with one attached hydrogen (secondary N) is 1. The topological polar surface area (TPSA) is 47.6 Å². The molecule has 0 heterocycles. The lowest BCUT2D eigenvalue weighted by molar-refractivity contribution is -0.140. The van der Waals surface area contributed by atoms with Gasteiger partial charge >= 0.3 is 0 Å². The summed E-state index contributed by atoms with van der Waals surface area (Å²) in [6.45, 7) is 6.01. The van der Waals surface area contributed by atoms with Crippen molar-refractivity contribution in [2.24, 2.45) is 0 Å². The third kappa shape index (κ3) is 3.97. The number of rotatable bonds is 5. The summed E-state index contributed by atoms with van der Waals surface area (Å²) in [5.41, 5.74) is 5.77. The average Bonchev–Trinajstić information content (AvgIpc) is 2.88. The van der Waals surface area contributed by atoms with Crippen LogP contribution in [0.3, 0.4) is 0 Å². The van der Waals surface area contributed by atoms with Crippen molar-refractivity contribution in [3.05, 3.63) is 28.8 Å². The fourth-order valence-corrected chi connectivity index (χ4v) is 2.72. The van der Waals surface area contributed by atoms with Crippen molar-refractivity contribution in [2.45, 2.75) is 52.6 Å². The fourth-order valence-electron chi connectivity index (χ4n) is 2.72. The number of hydrogen-bond donors (Lipinski definition) is 1. The van der Waals surface area contributed by atoms with Crippen LogP contribution in [0.25, 0.3) is 0 Å². The monoisotopic (exact) mass is 277 g/mol. The summed E-state index contributed by atoms with van der Waals surface area (Å²) in [7, 11) is 0. The van der Waals surface area contributed by atoms with E-state index >= 15 is 0 Å². The van der Waals surface area contributed by atoms with Gasteiger partial charge in [0.1, 0.15) is 5.75 Å². The highest BCUT2D eigenvalue weighted by Crippen LogP contribution is 2.24. The molecule has 0 unspecified atom stereocenters. The molecule has 0 aromatic heterocycles. The Hall–Kier alpha value is -1.55. The van der Waals surface area contributed by atoms with Gasteiger partial charge in [0.15, 0.2) is 6.61 Å². The zero-order chi connectivity index (χ0) is 14.5. The minimum Gasteiger partial charge on any atom is -0.483 e. The van der Waals surface area contributed by atoms with E-state index in [-0.39, 0.29) is 18.6 Å². The molecule has 1 aliphatic carbocycles. The van der Waals surface area contributed by atoms with E-state index in [1.54, 1.807) is 0 Å². The van der Waals surface area contributed by atoms with E-state index < -0.39 is 0 Å². The highest BCUT2D eigenvalue weighted by Gasteiger charge is 2.17. The van der Waals surface area contributed by atoms with Crippen LogP contribution >= 0.6 is 0 Å². The Bertz CT molecular complexity index is 456. The van der Waals surface area contributed by atoms with Crippen LogP contribution in [-0.4, -0.2) is 18.6 Å². The predicted molar refractivity (Wildman–Crippen MR) is 77.6 cm³/mol. The van der Waals surface area contributed by atoms with E-state index in [0.717, 1.165) is 29.7 Å². The molecule has 110 valence electrons. The lowest BCUT2D eigenvalue weighted by Crippen LogP contribution is -2.32. The van der Waals surface area contributed by atoms with Crippen molar-refractivity contribution >= 4 is 5.91 Å². The number of amides is 1. The van der Waals surface area contributed by atoms with E-state index in [1.807, 2.05) is 20.8 Å². The number of hydrogen-bond acceptors (Lipinski definition) is 3. The molecule has 4 heteroatoms. The van der Waals surface area contributed by atoms with Gasteiger partial charge in [-0.15, -0.1) is 0 Å². The molecule has 4 nitrogen and oxygen atoms in total. The molecule has 1 aromatic carbocycles. The number of aryl methyl sites for hydroxylation is 3. The first-order valence-electron chi connectivity index (χ1n) is 7.21. The van der Waals surface area contributed by atoms with Gasteiger partial charge in [-0.1, -0.05) is 30.5 Å². The molecule has 0 atom stereocenters. The van der Waals surface area contributed by atoms with Gasteiger partial charge in [0.05, 0.1) is 6.10 Å². The highest BCUT2D eigenvalue weighted by molar-refractivity contribution is 5.76. The number of carbonyl (C=O) groups is 1. The van der Waals surface area contributed by atoms with Crippen LogP contribution in [0.1, 0.15) is 42.4 Å². The van der Waals surface area contributed by atoms with Crippen molar-refractivity contribution in [1.29, 1.82) is 0 Å². The third-order valence-electron chi connectivity index (χ3n) is 3.59. The Kier molecular flexibility index (Phi) is 5.01. The van der Waals surface area contributed by atoms with Gasteiger partial charge in [-0.25, -0.2) is 5.48 Å². The molecule has 0 radical (unpaired) electrons. The Morgan fingerprint density at radius 2 is 1.80 bits per heavy atom. The molecule has 20 heavy (non-hydrogen) atoms. The van der Waals surface area contributed by atoms with Crippen molar-refractivity contribution < 1.29 is 14.4 Å². The Morgan fingerprint density at radius 3 is 2.40 bits per heavy atom. The molecule has 0 bridgehead atoms. The van der Waals surface area contributed by atoms with Gasteiger partial charge in [0, 0.05) is 0 Å². The van der Waals surface area contributed by atoms with Crippen LogP contribution in [0.4, 0.5) is 0 Å². The molecule has 1 amide bonds. The van der Waals surface area contributed by atoms with Crippen LogP contribution in [0.5, 0.6) is 5.75 Å². The van der Waals surface area contributed by atoms with Gasteiger partial charge in [-0.2, -0.15) is 0 Å². The number of hydroxylamine groups is 1. The second kappa shape index (κ2) is 6.75. The summed E-state index contributed by atoms with van der Waals surface area (Å²) in [5.74, 6) is 0.544. The summed E-state index contributed by atoms with van der Waals surface area (Å²) < 4.78 is 5.61. The molecular formula is C16H23NO3. The fraction of sp³-hybridized carbons (Fsp3) is 0.562. The van der Waals surface area contributed by atoms with E-state index in [1.165, 1.54) is 18.4 Å². The lowest BCUT2D eigenvalue weighted by Gasteiger charge is -2.14. The number of carbonyl (C=O) groups excluding carboxylic acids is 1. The average molecular weight is 277 g/mol. The van der Waals surface area contributed by atoms with Gasteiger partial charge in [0.2, 0.25) is 0 Å². The second-order valence-corrected chi connectivity index (χ2v) is 5.57. The summed E-state index contributed by atoms with van der Waals surface area (Å²) >= 11 is 0. The van der Waals surface area contributed by atoms with Crippen molar-refractivity contribution in [1.82, 2.24) is 5.48 Å². The van der Waals surface area contributed by atoms with Gasteiger partial charge in [-0.3, -0.25) is 9.63 Å². The zero-order valence-electron chi connectivity index (χ0n) is 12.5. The maximum atomic E-state index is 11.7. The van der Waals surface area contributed by atoms with E-state index in [2.05, 4.69) is 17.6 Å². The molecule has 1 N–H and O–H groups in total. The van der Waals surface area contributed by atoms with E-state index in [4.69, 9.17) is 9.57 Å². The Balaban J connectivity index is 1.81. The first kappa shape index (κ1) is 14.9. The van der Waals surface area contributed by atoms with Gasteiger partial charge in [-0.05, 0) is 44.7 Å².